The maximum absolute atomic E-state index is 12.8. The zero-order valence-electron chi connectivity index (χ0n) is 16.2. The van der Waals surface area contributed by atoms with E-state index in [1.807, 2.05) is 47.0 Å². The fraction of sp³-hybridized carbons (Fsp3) is 0.435. The topological polar surface area (TPSA) is 41.6 Å². The average molecular weight is 397 g/mol. The van der Waals surface area contributed by atoms with E-state index in [-0.39, 0.29) is 11.4 Å². The minimum Gasteiger partial charge on any atom is -0.489 e. The smallest absolute Gasteiger partial charge is 0.318 e. The molecule has 5 heteroatoms. The Hall–Kier alpha value is -2.14. The molecule has 4 nitrogen and oxygen atoms in total. The van der Waals surface area contributed by atoms with Crippen molar-refractivity contribution in [2.75, 3.05) is 12.3 Å². The second kappa shape index (κ2) is 9.37. The van der Waals surface area contributed by atoms with Crippen LogP contribution in [0.25, 0.3) is 0 Å². The van der Waals surface area contributed by atoms with Gasteiger partial charge in [-0.05, 0) is 36.1 Å². The molecule has 2 aliphatic rings. The molecule has 1 aliphatic carbocycles. The van der Waals surface area contributed by atoms with Crippen molar-refractivity contribution in [2.24, 2.45) is 0 Å². The summed E-state index contributed by atoms with van der Waals surface area (Å²) in [5.74, 6) is 1.84. The second-order valence-corrected chi connectivity index (χ2v) is 8.73. The van der Waals surface area contributed by atoms with E-state index in [9.17, 15) is 4.79 Å². The lowest BCUT2D eigenvalue weighted by Crippen LogP contribution is -2.45. The molecule has 1 saturated carbocycles. The van der Waals surface area contributed by atoms with Gasteiger partial charge in [-0.2, -0.15) is 0 Å². The summed E-state index contributed by atoms with van der Waals surface area (Å²) < 4.78 is 5.88. The van der Waals surface area contributed by atoms with Gasteiger partial charge in [0, 0.05) is 18.3 Å². The molecule has 1 heterocycles. The van der Waals surface area contributed by atoms with Gasteiger partial charge in [0.15, 0.2) is 0 Å². The number of nitrogens with zero attached hydrogens (tertiary/aromatic N) is 1. The summed E-state index contributed by atoms with van der Waals surface area (Å²) in [6, 6.07) is 18.8. The van der Waals surface area contributed by atoms with E-state index in [1.54, 1.807) is 0 Å². The highest BCUT2D eigenvalue weighted by Crippen LogP contribution is 2.38. The van der Waals surface area contributed by atoms with Gasteiger partial charge < -0.3 is 15.0 Å². The Kier molecular flexibility index (Phi) is 6.42. The zero-order chi connectivity index (χ0) is 19.2. The standard InChI is InChI=1S/C23H28N2O2S/c26-23(24-20-9-5-2-6-10-20)25-15-16-28-22(25)19-11-13-21(14-12-19)27-17-18-7-3-1-4-8-18/h1,3-4,7-8,11-14,20,22H,2,5-6,9-10,15-17H2,(H,24,26)/t22-/m1/s1. The Labute approximate surface area is 171 Å². The highest BCUT2D eigenvalue weighted by Gasteiger charge is 2.31. The minimum atomic E-state index is 0.0892. The predicted octanol–water partition coefficient (Wildman–Crippen LogP) is 5.36. The maximum atomic E-state index is 12.8. The van der Waals surface area contributed by atoms with Crippen LogP contribution < -0.4 is 10.1 Å². The average Bonchev–Trinajstić information content (AvgIpc) is 3.24. The fourth-order valence-corrected chi connectivity index (χ4v) is 5.18. The van der Waals surface area contributed by atoms with E-state index in [0.29, 0.717) is 12.6 Å². The molecule has 4 rings (SSSR count). The Morgan fingerprint density at radius 3 is 2.54 bits per heavy atom. The number of thioether (sulfide) groups is 1. The summed E-state index contributed by atoms with van der Waals surface area (Å²) in [7, 11) is 0. The van der Waals surface area contributed by atoms with E-state index in [2.05, 4.69) is 29.6 Å². The highest BCUT2D eigenvalue weighted by molar-refractivity contribution is 7.99. The number of rotatable bonds is 5. The molecule has 0 bridgehead atoms. The van der Waals surface area contributed by atoms with Crippen LogP contribution in [0, 0.1) is 0 Å². The van der Waals surface area contributed by atoms with Gasteiger partial charge >= 0.3 is 6.03 Å². The molecule has 0 radical (unpaired) electrons. The van der Waals surface area contributed by atoms with Crippen LogP contribution in [0.4, 0.5) is 4.79 Å². The Morgan fingerprint density at radius 2 is 1.79 bits per heavy atom. The highest BCUT2D eigenvalue weighted by atomic mass is 32.2. The van der Waals surface area contributed by atoms with Gasteiger partial charge in [0.05, 0.1) is 0 Å². The van der Waals surface area contributed by atoms with Gasteiger partial charge in [-0.1, -0.05) is 61.7 Å². The first-order valence-corrected chi connectivity index (χ1v) is 11.3. The number of carbonyl (C=O) groups excluding carboxylic acids is 1. The molecule has 0 unspecified atom stereocenters. The molecule has 2 aromatic carbocycles. The van der Waals surface area contributed by atoms with Crippen molar-refractivity contribution < 1.29 is 9.53 Å². The molecule has 2 amide bonds. The molecule has 1 aliphatic heterocycles. The summed E-state index contributed by atoms with van der Waals surface area (Å²) in [6.45, 7) is 1.37. The van der Waals surface area contributed by atoms with E-state index >= 15 is 0 Å². The number of hydrogen-bond acceptors (Lipinski definition) is 3. The first-order chi connectivity index (χ1) is 13.8. The van der Waals surface area contributed by atoms with Crippen molar-refractivity contribution in [3.63, 3.8) is 0 Å². The second-order valence-electron chi connectivity index (χ2n) is 7.54. The van der Waals surface area contributed by atoms with E-state index < -0.39 is 0 Å². The van der Waals surface area contributed by atoms with Gasteiger partial charge in [-0.15, -0.1) is 11.8 Å². The number of urea groups is 1. The Morgan fingerprint density at radius 1 is 1.04 bits per heavy atom. The van der Waals surface area contributed by atoms with Crippen LogP contribution in [0.1, 0.15) is 48.6 Å². The quantitative estimate of drug-likeness (QED) is 0.740. The molecule has 1 atom stereocenters. The number of carbonyl (C=O) groups is 1. The minimum absolute atomic E-state index is 0.0892. The van der Waals surface area contributed by atoms with Gasteiger partial charge in [-0.3, -0.25) is 0 Å². The van der Waals surface area contributed by atoms with Crippen LogP contribution in [0.2, 0.25) is 0 Å². The van der Waals surface area contributed by atoms with Crippen LogP contribution >= 0.6 is 11.8 Å². The maximum Gasteiger partial charge on any atom is 0.318 e. The van der Waals surface area contributed by atoms with E-state index in [4.69, 9.17) is 4.74 Å². The van der Waals surface area contributed by atoms with Crippen molar-refractivity contribution in [2.45, 2.75) is 50.1 Å². The SMILES string of the molecule is O=C(NC1CCCCC1)N1CCS[C@@H]1c1ccc(OCc2ccccc2)cc1. The Balaban J connectivity index is 1.35. The molecule has 0 spiro atoms. The van der Waals surface area contributed by atoms with Gasteiger partial charge in [0.25, 0.3) is 0 Å². The van der Waals surface area contributed by atoms with E-state index in [1.165, 1.54) is 19.3 Å². The zero-order valence-corrected chi connectivity index (χ0v) is 17.0. The largest absolute Gasteiger partial charge is 0.489 e. The third kappa shape index (κ3) is 4.82. The number of benzene rings is 2. The lowest BCUT2D eigenvalue weighted by atomic mass is 9.96. The van der Waals surface area contributed by atoms with Crippen LogP contribution in [-0.4, -0.2) is 29.3 Å². The van der Waals surface area contributed by atoms with Crippen LogP contribution in [0.15, 0.2) is 54.6 Å². The van der Waals surface area contributed by atoms with E-state index in [0.717, 1.165) is 42.0 Å². The van der Waals surface area contributed by atoms with Crippen molar-refractivity contribution in [3.05, 3.63) is 65.7 Å². The van der Waals surface area contributed by atoms with Crippen LogP contribution in [-0.2, 0) is 6.61 Å². The summed E-state index contributed by atoms with van der Waals surface area (Å²) in [5.41, 5.74) is 2.32. The summed E-state index contributed by atoms with van der Waals surface area (Å²) in [4.78, 5) is 14.8. The molecule has 0 aromatic heterocycles. The predicted molar refractivity (Wildman–Crippen MR) is 115 cm³/mol. The molecular weight excluding hydrogens is 368 g/mol. The summed E-state index contributed by atoms with van der Waals surface area (Å²) in [5, 5.41) is 3.35. The van der Waals surface area contributed by atoms with Gasteiger partial charge in [0.2, 0.25) is 0 Å². The molecule has 2 aromatic rings. The molecule has 1 N–H and O–H groups in total. The molecule has 28 heavy (non-hydrogen) atoms. The van der Waals surface area contributed by atoms with Crippen molar-refractivity contribution in [1.82, 2.24) is 10.2 Å². The fourth-order valence-electron chi connectivity index (χ4n) is 3.93. The normalized spacial score (nSPS) is 20.1. The summed E-state index contributed by atoms with van der Waals surface area (Å²) >= 11 is 1.83. The number of amides is 2. The number of ether oxygens (including phenoxy) is 1. The third-order valence-corrected chi connectivity index (χ3v) is 6.76. The van der Waals surface area contributed by atoms with Gasteiger partial charge in [0.1, 0.15) is 17.7 Å². The van der Waals surface area contributed by atoms with Crippen molar-refractivity contribution >= 4 is 17.8 Å². The first-order valence-electron chi connectivity index (χ1n) is 10.2. The van der Waals surface area contributed by atoms with Crippen molar-refractivity contribution in [1.29, 1.82) is 0 Å². The lowest BCUT2D eigenvalue weighted by molar-refractivity contribution is 0.192. The number of hydrogen-bond donors (Lipinski definition) is 1. The third-order valence-electron chi connectivity index (χ3n) is 5.50. The Bertz CT molecular complexity index is 760. The van der Waals surface area contributed by atoms with Crippen LogP contribution in [0.5, 0.6) is 5.75 Å². The number of nitrogens with one attached hydrogen (secondary N) is 1. The van der Waals surface area contributed by atoms with Crippen molar-refractivity contribution in [3.8, 4) is 5.75 Å². The first kappa shape index (κ1) is 19.2. The molecule has 148 valence electrons. The van der Waals surface area contributed by atoms with Crippen LogP contribution in [0.3, 0.4) is 0 Å². The lowest BCUT2D eigenvalue weighted by Gasteiger charge is -2.29. The molecular formula is C23H28N2O2S. The molecule has 1 saturated heterocycles. The summed E-state index contributed by atoms with van der Waals surface area (Å²) in [6.07, 6.45) is 5.99. The van der Waals surface area contributed by atoms with Gasteiger partial charge in [-0.25, -0.2) is 4.79 Å². The molecule has 2 fully saturated rings. The monoisotopic (exact) mass is 396 g/mol.